The van der Waals surface area contributed by atoms with Gasteiger partial charge in [0.2, 0.25) is 0 Å². The van der Waals surface area contributed by atoms with Crippen LogP contribution >= 0.6 is 11.3 Å². The second-order valence-corrected chi connectivity index (χ2v) is 4.48. The molecule has 0 amide bonds. The Bertz CT molecular complexity index is 612. The van der Waals surface area contributed by atoms with Gasteiger partial charge in [-0.25, -0.2) is 4.98 Å². The smallest absolute Gasteiger partial charge is 0.126 e. The van der Waals surface area contributed by atoms with Crippen LogP contribution in [0.3, 0.4) is 0 Å². The maximum absolute atomic E-state index is 5.93. The lowest BCUT2D eigenvalue weighted by Gasteiger charge is -1.99. The van der Waals surface area contributed by atoms with Gasteiger partial charge in [0, 0.05) is 17.4 Å². The number of nitrogen functional groups attached to an aromatic ring is 1. The number of rotatable bonds is 1. The predicted molar refractivity (Wildman–Crippen MR) is 67.3 cm³/mol. The van der Waals surface area contributed by atoms with E-state index in [2.05, 4.69) is 9.97 Å². The van der Waals surface area contributed by atoms with Crippen molar-refractivity contribution in [2.45, 2.75) is 0 Å². The van der Waals surface area contributed by atoms with Crippen LogP contribution in [0.25, 0.3) is 20.8 Å². The number of pyridine rings is 1. The van der Waals surface area contributed by atoms with Crippen LogP contribution in [0.5, 0.6) is 0 Å². The van der Waals surface area contributed by atoms with Gasteiger partial charge in [0.05, 0.1) is 10.9 Å². The number of fused-ring (bicyclic) bond motifs is 1. The van der Waals surface area contributed by atoms with Crippen molar-refractivity contribution < 1.29 is 0 Å². The molecular formula is C12H9N3S. The maximum atomic E-state index is 5.93. The summed E-state index contributed by atoms with van der Waals surface area (Å²) in [6.07, 6.45) is 3.55. The van der Waals surface area contributed by atoms with Crippen molar-refractivity contribution >= 4 is 27.2 Å². The third-order valence-electron chi connectivity index (χ3n) is 2.38. The van der Waals surface area contributed by atoms with Gasteiger partial charge in [-0.3, -0.25) is 4.98 Å². The Hall–Kier alpha value is -1.94. The van der Waals surface area contributed by atoms with Crippen LogP contribution in [0.1, 0.15) is 0 Å². The van der Waals surface area contributed by atoms with E-state index in [1.54, 1.807) is 23.7 Å². The molecule has 1 aromatic carbocycles. The van der Waals surface area contributed by atoms with E-state index in [0.29, 0.717) is 0 Å². The van der Waals surface area contributed by atoms with Crippen molar-refractivity contribution in [1.29, 1.82) is 0 Å². The second-order valence-electron chi connectivity index (χ2n) is 3.45. The summed E-state index contributed by atoms with van der Waals surface area (Å²) in [4.78, 5) is 8.58. The minimum Gasteiger partial charge on any atom is -0.398 e. The van der Waals surface area contributed by atoms with Crippen molar-refractivity contribution in [1.82, 2.24) is 9.97 Å². The first-order valence-corrected chi connectivity index (χ1v) is 5.72. The van der Waals surface area contributed by atoms with Crippen molar-refractivity contribution in [2.24, 2.45) is 0 Å². The van der Waals surface area contributed by atoms with Gasteiger partial charge in [0.15, 0.2) is 0 Å². The molecule has 2 heterocycles. The third-order valence-corrected chi connectivity index (χ3v) is 3.45. The summed E-state index contributed by atoms with van der Waals surface area (Å²) in [5.41, 5.74) is 8.60. The predicted octanol–water partition coefficient (Wildman–Crippen LogP) is 2.94. The average Bonchev–Trinajstić information content (AvgIpc) is 2.73. The monoisotopic (exact) mass is 227 g/mol. The summed E-state index contributed by atoms with van der Waals surface area (Å²) in [6, 6.07) is 9.74. The quantitative estimate of drug-likeness (QED) is 0.650. The Morgan fingerprint density at radius 1 is 1.12 bits per heavy atom. The number of anilines is 1. The van der Waals surface area contributed by atoms with E-state index >= 15 is 0 Å². The van der Waals surface area contributed by atoms with E-state index in [-0.39, 0.29) is 0 Å². The summed E-state index contributed by atoms with van der Waals surface area (Å²) < 4.78 is 1.13. The molecule has 16 heavy (non-hydrogen) atoms. The van der Waals surface area contributed by atoms with Gasteiger partial charge in [-0.05, 0) is 18.2 Å². The molecule has 0 saturated carbocycles. The molecule has 3 aromatic rings. The molecule has 0 spiro atoms. The zero-order valence-electron chi connectivity index (χ0n) is 8.42. The number of para-hydroxylation sites is 1. The van der Waals surface area contributed by atoms with Crippen LogP contribution in [0.4, 0.5) is 5.69 Å². The molecule has 0 atom stereocenters. The van der Waals surface area contributed by atoms with E-state index in [1.807, 2.05) is 30.3 Å². The molecule has 2 aromatic heterocycles. The Morgan fingerprint density at radius 2 is 2.00 bits per heavy atom. The van der Waals surface area contributed by atoms with E-state index in [9.17, 15) is 0 Å². The van der Waals surface area contributed by atoms with Gasteiger partial charge in [-0.15, -0.1) is 11.3 Å². The summed E-state index contributed by atoms with van der Waals surface area (Å²) in [5.74, 6) is 0. The first-order chi connectivity index (χ1) is 7.84. The Morgan fingerprint density at radius 3 is 2.81 bits per heavy atom. The van der Waals surface area contributed by atoms with E-state index < -0.39 is 0 Å². The second kappa shape index (κ2) is 3.57. The zero-order chi connectivity index (χ0) is 11.0. The molecule has 4 heteroatoms. The Kier molecular flexibility index (Phi) is 2.08. The summed E-state index contributed by atoms with van der Waals surface area (Å²) in [7, 11) is 0. The van der Waals surface area contributed by atoms with Crippen molar-refractivity contribution in [2.75, 3.05) is 5.73 Å². The van der Waals surface area contributed by atoms with Gasteiger partial charge in [0.25, 0.3) is 0 Å². The fourth-order valence-corrected chi connectivity index (χ4v) is 2.57. The van der Waals surface area contributed by atoms with Gasteiger partial charge in [-0.1, -0.05) is 12.1 Å². The van der Waals surface area contributed by atoms with Crippen LogP contribution in [0.15, 0.2) is 42.7 Å². The number of aromatic nitrogens is 2. The van der Waals surface area contributed by atoms with Crippen molar-refractivity contribution in [3.8, 4) is 10.6 Å². The van der Waals surface area contributed by atoms with Gasteiger partial charge in [0.1, 0.15) is 10.5 Å². The highest BCUT2D eigenvalue weighted by Gasteiger charge is 2.07. The molecule has 0 bridgehead atoms. The van der Waals surface area contributed by atoms with Gasteiger partial charge >= 0.3 is 0 Å². The molecule has 0 aliphatic carbocycles. The maximum Gasteiger partial charge on any atom is 0.126 e. The molecule has 0 unspecified atom stereocenters. The Balaban J connectivity index is 2.23. The molecule has 78 valence electrons. The number of hydrogen-bond acceptors (Lipinski definition) is 4. The highest BCUT2D eigenvalue weighted by atomic mass is 32.1. The van der Waals surface area contributed by atoms with E-state index in [1.165, 1.54) is 0 Å². The molecule has 0 fully saturated rings. The van der Waals surface area contributed by atoms with Gasteiger partial charge < -0.3 is 5.73 Å². The van der Waals surface area contributed by atoms with Crippen LogP contribution in [-0.2, 0) is 0 Å². The molecule has 3 rings (SSSR count). The summed E-state index contributed by atoms with van der Waals surface area (Å²) in [5, 5.41) is 0.945. The van der Waals surface area contributed by atoms with Crippen LogP contribution < -0.4 is 5.73 Å². The first kappa shape index (κ1) is 9.30. The highest BCUT2D eigenvalue weighted by molar-refractivity contribution is 7.21. The summed E-state index contributed by atoms with van der Waals surface area (Å²) >= 11 is 1.63. The lowest BCUT2D eigenvalue weighted by atomic mass is 10.2. The lowest BCUT2D eigenvalue weighted by molar-refractivity contribution is 1.34. The largest absolute Gasteiger partial charge is 0.398 e. The molecule has 3 nitrogen and oxygen atoms in total. The zero-order valence-corrected chi connectivity index (χ0v) is 9.24. The molecule has 0 saturated heterocycles. The third kappa shape index (κ3) is 1.44. The Labute approximate surface area is 96.6 Å². The standard InChI is InChI=1S/C12H9N3S/c13-9-4-2-1-3-8(9)12-15-10-7-14-6-5-11(10)16-12/h1-7H,13H2. The first-order valence-electron chi connectivity index (χ1n) is 4.90. The SMILES string of the molecule is Nc1ccccc1-c1nc2cnccc2s1. The number of benzene rings is 1. The molecule has 2 N–H and O–H groups in total. The molecule has 0 aliphatic heterocycles. The minimum absolute atomic E-state index is 0.759. The number of thiazole rings is 1. The molecule has 0 radical (unpaired) electrons. The lowest BCUT2D eigenvalue weighted by Crippen LogP contribution is -1.88. The van der Waals surface area contributed by atoms with E-state index in [4.69, 9.17) is 5.73 Å². The number of nitrogens with zero attached hydrogens (tertiary/aromatic N) is 2. The molecule has 0 aliphatic rings. The van der Waals surface area contributed by atoms with Crippen molar-refractivity contribution in [3.05, 3.63) is 42.7 Å². The van der Waals surface area contributed by atoms with Gasteiger partial charge in [-0.2, -0.15) is 0 Å². The average molecular weight is 227 g/mol. The normalized spacial score (nSPS) is 10.8. The van der Waals surface area contributed by atoms with Crippen molar-refractivity contribution in [3.63, 3.8) is 0 Å². The van der Waals surface area contributed by atoms with Crippen LogP contribution in [0, 0.1) is 0 Å². The fourth-order valence-electron chi connectivity index (χ4n) is 1.59. The number of nitrogens with two attached hydrogens (primary N) is 1. The van der Waals surface area contributed by atoms with Crippen LogP contribution in [-0.4, -0.2) is 9.97 Å². The minimum atomic E-state index is 0.759. The summed E-state index contributed by atoms with van der Waals surface area (Å²) in [6.45, 7) is 0. The van der Waals surface area contributed by atoms with E-state index in [0.717, 1.165) is 26.5 Å². The number of hydrogen-bond donors (Lipinski definition) is 1. The fraction of sp³-hybridized carbons (Fsp3) is 0. The topological polar surface area (TPSA) is 51.8 Å². The van der Waals surface area contributed by atoms with Crippen LogP contribution in [0.2, 0.25) is 0 Å². The highest BCUT2D eigenvalue weighted by Crippen LogP contribution is 2.32. The molecular weight excluding hydrogens is 218 g/mol.